The fourth-order valence-electron chi connectivity index (χ4n) is 2.63. The van der Waals surface area contributed by atoms with Gasteiger partial charge in [0.1, 0.15) is 5.75 Å². The van der Waals surface area contributed by atoms with Gasteiger partial charge in [0.2, 0.25) is 5.43 Å². The normalized spacial score (nSPS) is 10.1. The van der Waals surface area contributed by atoms with E-state index in [2.05, 4.69) is 6.92 Å². The van der Waals surface area contributed by atoms with Crippen molar-refractivity contribution in [2.75, 3.05) is 6.61 Å². The Bertz CT molecular complexity index is 869. The van der Waals surface area contributed by atoms with Crippen LogP contribution in [0.5, 0.6) is 11.5 Å². The quantitative estimate of drug-likeness (QED) is 0.434. The number of hydrogen-bond donors (Lipinski definition) is 0. The zero-order chi connectivity index (χ0) is 20.2. The highest BCUT2D eigenvalue weighted by Gasteiger charge is 2.10. The molecule has 0 aliphatic carbocycles. The van der Waals surface area contributed by atoms with Crippen molar-refractivity contribution >= 4 is 5.97 Å². The van der Waals surface area contributed by atoms with Crippen LogP contribution in [0.15, 0.2) is 53.3 Å². The van der Waals surface area contributed by atoms with Crippen LogP contribution in [0.2, 0.25) is 0 Å². The molecule has 0 heterocycles. The lowest BCUT2D eigenvalue weighted by molar-refractivity contribution is 0.0733. The van der Waals surface area contributed by atoms with E-state index in [1.165, 1.54) is 49.9 Å². The van der Waals surface area contributed by atoms with E-state index in [0.29, 0.717) is 23.5 Å². The molecule has 0 aliphatic rings. The highest BCUT2D eigenvalue weighted by molar-refractivity contribution is 5.91. The Morgan fingerprint density at radius 2 is 1.61 bits per heavy atom. The molecule has 2 aromatic carbocycles. The van der Waals surface area contributed by atoms with Crippen molar-refractivity contribution in [2.45, 2.75) is 45.4 Å². The molecule has 2 rings (SSSR count). The van der Waals surface area contributed by atoms with Gasteiger partial charge >= 0.3 is 5.97 Å². The van der Waals surface area contributed by atoms with Crippen molar-refractivity contribution < 1.29 is 14.3 Å². The first-order valence-electron chi connectivity index (χ1n) is 9.63. The van der Waals surface area contributed by atoms with Crippen molar-refractivity contribution in [2.24, 2.45) is 0 Å². The summed E-state index contributed by atoms with van der Waals surface area (Å²) in [5.41, 5.74) is 0.165. The monoisotopic (exact) mass is 379 g/mol. The van der Waals surface area contributed by atoms with Crippen LogP contribution in [0.3, 0.4) is 0 Å². The summed E-state index contributed by atoms with van der Waals surface area (Å²) in [7, 11) is 0. The minimum absolute atomic E-state index is 0.116. The third-order valence-electron chi connectivity index (χ3n) is 4.26. The summed E-state index contributed by atoms with van der Waals surface area (Å²) in [6.07, 6.45) is 7.20. The van der Waals surface area contributed by atoms with Crippen LogP contribution in [0.25, 0.3) is 0 Å². The summed E-state index contributed by atoms with van der Waals surface area (Å²) in [6.45, 7) is 2.85. The van der Waals surface area contributed by atoms with E-state index >= 15 is 0 Å². The lowest BCUT2D eigenvalue weighted by Crippen LogP contribution is -2.13. The molecule has 5 nitrogen and oxygen atoms in total. The fourth-order valence-corrected chi connectivity index (χ4v) is 2.63. The molecule has 0 atom stereocenters. The zero-order valence-corrected chi connectivity index (χ0v) is 16.1. The topological polar surface area (TPSA) is 76.4 Å². The van der Waals surface area contributed by atoms with Gasteiger partial charge in [-0.2, -0.15) is 5.26 Å². The summed E-state index contributed by atoms with van der Waals surface area (Å²) < 4.78 is 10.9. The van der Waals surface area contributed by atoms with E-state index in [9.17, 15) is 9.59 Å². The average Bonchev–Trinajstić information content (AvgIpc) is 2.89. The number of nitrogens with zero attached hydrogens (tertiary/aromatic N) is 1. The van der Waals surface area contributed by atoms with Gasteiger partial charge in [0.25, 0.3) is 0 Å². The Morgan fingerprint density at radius 3 is 2.32 bits per heavy atom. The van der Waals surface area contributed by atoms with Gasteiger partial charge in [0.15, 0.2) is 5.75 Å². The molecule has 146 valence electrons. The molecule has 0 radical (unpaired) electrons. The first-order valence-corrected chi connectivity index (χ1v) is 9.63. The Kier molecular flexibility index (Phi) is 8.74. The van der Waals surface area contributed by atoms with Gasteiger partial charge in [0, 0.05) is 0 Å². The molecule has 0 spiro atoms. The number of hydrogen-bond acceptors (Lipinski definition) is 5. The molecule has 0 unspecified atom stereocenters. The maximum absolute atomic E-state index is 12.3. The number of nitriles is 1. The van der Waals surface area contributed by atoms with Crippen molar-refractivity contribution in [1.29, 1.82) is 5.26 Å². The van der Waals surface area contributed by atoms with Crippen molar-refractivity contribution in [1.82, 2.24) is 0 Å². The second-order valence-electron chi connectivity index (χ2n) is 6.49. The minimum Gasteiger partial charge on any atom is -0.494 e. The number of carbonyl (C=O) groups is 1. The van der Waals surface area contributed by atoms with Crippen LogP contribution < -0.4 is 14.9 Å². The van der Waals surface area contributed by atoms with Gasteiger partial charge < -0.3 is 9.47 Å². The van der Waals surface area contributed by atoms with Gasteiger partial charge in [0.05, 0.1) is 23.8 Å². The fraction of sp³-hybridized carbons (Fsp3) is 0.348. The molecule has 0 amide bonds. The third kappa shape index (κ3) is 6.88. The van der Waals surface area contributed by atoms with E-state index in [4.69, 9.17) is 14.7 Å². The molecule has 0 aromatic heterocycles. The van der Waals surface area contributed by atoms with E-state index < -0.39 is 11.4 Å². The highest BCUT2D eigenvalue weighted by atomic mass is 16.5. The molecule has 2 aromatic rings. The van der Waals surface area contributed by atoms with Crippen LogP contribution in [0.4, 0.5) is 0 Å². The van der Waals surface area contributed by atoms with Crippen LogP contribution in [0, 0.1) is 11.3 Å². The number of esters is 1. The summed E-state index contributed by atoms with van der Waals surface area (Å²) >= 11 is 0. The first-order chi connectivity index (χ1) is 13.6. The molecule has 0 saturated carbocycles. The largest absolute Gasteiger partial charge is 0.494 e. The molecule has 5 heteroatoms. The summed E-state index contributed by atoms with van der Waals surface area (Å²) in [5.74, 6) is -0.0569. The second kappa shape index (κ2) is 11.6. The minimum atomic E-state index is -0.635. The van der Waals surface area contributed by atoms with E-state index in [0.717, 1.165) is 12.8 Å². The van der Waals surface area contributed by atoms with Gasteiger partial charge in [-0.05, 0) is 55.0 Å². The maximum atomic E-state index is 12.3. The molecule has 0 fully saturated rings. The van der Waals surface area contributed by atoms with Crippen LogP contribution >= 0.6 is 0 Å². The number of ether oxygens (including phenoxy) is 2. The third-order valence-corrected chi connectivity index (χ3v) is 4.26. The van der Waals surface area contributed by atoms with E-state index in [1.807, 2.05) is 6.07 Å². The van der Waals surface area contributed by atoms with Gasteiger partial charge in [-0.1, -0.05) is 39.0 Å². The average molecular weight is 379 g/mol. The number of unbranched alkanes of at least 4 members (excludes halogenated alkanes) is 5. The smallest absolute Gasteiger partial charge is 0.343 e. The number of carbonyl (C=O) groups excluding carboxylic acids is 1. The Balaban J connectivity index is 1.86. The Labute approximate surface area is 165 Å². The van der Waals surface area contributed by atoms with Crippen molar-refractivity contribution in [3.8, 4) is 17.6 Å². The van der Waals surface area contributed by atoms with E-state index in [-0.39, 0.29) is 5.75 Å². The van der Waals surface area contributed by atoms with Crippen molar-refractivity contribution in [3.05, 3.63) is 69.9 Å². The molecule has 0 saturated heterocycles. The van der Waals surface area contributed by atoms with Gasteiger partial charge in [-0.15, -0.1) is 0 Å². The lowest BCUT2D eigenvalue weighted by Gasteiger charge is -2.07. The number of benzene rings is 1. The Hall–Kier alpha value is -3.13. The zero-order valence-electron chi connectivity index (χ0n) is 16.1. The predicted molar refractivity (Wildman–Crippen MR) is 108 cm³/mol. The molecule has 0 aliphatic heterocycles. The van der Waals surface area contributed by atoms with E-state index in [1.54, 1.807) is 24.3 Å². The first kappa shape index (κ1) is 21.2. The summed E-state index contributed by atoms with van der Waals surface area (Å²) in [5, 5.41) is 8.87. The highest BCUT2D eigenvalue weighted by Crippen LogP contribution is 2.15. The van der Waals surface area contributed by atoms with Crippen LogP contribution in [-0.2, 0) is 0 Å². The SMILES string of the molecule is CCCCCCCCOc1ccc(C(=O)Oc2ccc(C#N)ccc2=O)cc1. The van der Waals surface area contributed by atoms with Crippen molar-refractivity contribution in [3.63, 3.8) is 0 Å². The standard InChI is InChI=1S/C23H25NO4/c1-2-3-4-5-6-7-16-27-20-12-10-19(11-13-20)23(26)28-22-15-9-18(17-24)8-14-21(22)25/h8-15H,2-7,16H2,1H3. The summed E-state index contributed by atoms with van der Waals surface area (Å²) in [4.78, 5) is 24.2. The molecule has 28 heavy (non-hydrogen) atoms. The van der Waals surface area contributed by atoms with Gasteiger partial charge in [-0.3, -0.25) is 4.79 Å². The Morgan fingerprint density at radius 1 is 0.929 bits per heavy atom. The number of rotatable bonds is 10. The van der Waals surface area contributed by atoms with Crippen LogP contribution in [-0.4, -0.2) is 12.6 Å². The summed E-state index contributed by atoms with van der Waals surface area (Å²) in [6, 6.07) is 13.9. The molecule has 0 N–H and O–H groups in total. The predicted octanol–water partition coefficient (Wildman–Crippen LogP) is 4.88. The van der Waals surface area contributed by atoms with Gasteiger partial charge in [-0.25, -0.2) is 4.79 Å². The molecule has 0 bridgehead atoms. The lowest BCUT2D eigenvalue weighted by atomic mass is 10.1. The second-order valence-corrected chi connectivity index (χ2v) is 6.49. The molecular weight excluding hydrogens is 354 g/mol. The maximum Gasteiger partial charge on any atom is 0.343 e. The molecular formula is C23H25NO4. The van der Waals surface area contributed by atoms with Crippen LogP contribution in [0.1, 0.15) is 61.4 Å².